The number of benzene rings is 2. The van der Waals surface area contributed by atoms with Crippen LogP contribution in [0.4, 0.5) is 0 Å². The molecule has 3 nitrogen and oxygen atoms in total. The number of H-pyrrole nitrogens is 1. The van der Waals surface area contributed by atoms with E-state index in [1.165, 1.54) is 22.0 Å². The molecule has 0 radical (unpaired) electrons. The Labute approximate surface area is 149 Å². The summed E-state index contributed by atoms with van der Waals surface area (Å²) < 4.78 is 0. The minimum absolute atomic E-state index is 0.262. The van der Waals surface area contributed by atoms with E-state index in [2.05, 4.69) is 60.6 Å². The molecule has 0 spiro atoms. The predicted octanol–water partition coefficient (Wildman–Crippen LogP) is 4.58. The van der Waals surface area contributed by atoms with Crippen molar-refractivity contribution in [2.24, 2.45) is 0 Å². The molecule has 0 saturated heterocycles. The number of hydrogen-bond donors (Lipinski definition) is 1. The number of aromatic amines is 1. The molecule has 0 aliphatic carbocycles. The van der Waals surface area contributed by atoms with E-state index < -0.39 is 0 Å². The molecule has 0 unspecified atom stereocenters. The van der Waals surface area contributed by atoms with Gasteiger partial charge < -0.3 is 9.88 Å². The van der Waals surface area contributed by atoms with Gasteiger partial charge in [0.2, 0.25) is 5.91 Å². The smallest absolute Gasteiger partial charge is 0.222 e. The molecule has 3 heteroatoms. The summed E-state index contributed by atoms with van der Waals surface area (Å²) in [7, 11) is 0. The van der Waals surface area contributed by atoms with Gasteiger partial charge in [0.05, 0.1) is 0 Å². The third kappa shape index (κ3) is 4.50. The lowest BCUT2D eigenvalue weighted by atomic mass is 10.1. The van der Waals surface area contributed by atoms with Gasteiger partial charge in [-0.05, 0) is 43.4 Å². The number of para-hydroxylation sites is 1. The molecule has 1 amide bonds. The second-order valence-corrected chi connectivity index (χ2v) is 6.42. The highest BCUT2D eigenvalue weighted by Crippen LogP contribution is 2.19. The fourth-order valence-corrected chi connectivity index (χ4v) is 3.29. The summed E-state index contributed by atoms with van der Waals surface area (Å²) in [6.45, 7) is 3.63. The first kappa shape index (κ1) is 17.3. The standard InChI is InChI=1S/C22H26N2O/c1-2-24(16-15-18-9-4-3-5-10-18)22(25)14-8-11-19-17-23-21-13-7-6-12-20(19)21/h3-7,9-10,12-13,17,23H,2,8,11,14-16H2,1H3. The zero-order valence-corrected chi connectivity index (χ0v) is 14.9. The van der Waals surface area contributed by atoms with Crippen LogP contribution in [0.1, 0.15) is 30.9 Å². The minimum atomic E-state index is 0.262. The van der Waals surface area contributed by atoms with Crippen molar-refractivity contribution >= 4 is 16.8 Å². The lowest BCUT2D eigenvalue weighted by molar-refractivity contribution is -0.131. The van der Waals surface area contributed by atoms with E-state index in [9.17, 15) is 4.79 Å². The Morgan fingerprint density at radius 3 is 2.56 bits per heavy atom. The Kier molecular flexibility index (Phi) is 5.89. The highest BCUT2D eigenvalue weighted by molar-refractivity contribution is 5.83. The first-order chi connectivity index (χ1) is 12.3. The van der Waals surface area contributed by atoms with E-state index in [1.807, 2.05) is 17.0 Å². The number of nitrogens with zero attached hydrogens (tertiary/aromatic N) is 1. The van der Waals surface area contributed by atoms with Gasteiger partial charge in [-0.15, -0.1) is 0 Å². The fourth-order valence-electron chi connectivity index (χ4n) is 3.29. The van der Waals surface area contributed by atoms with Gasteiger partial charge in [-0.3, -0.25) is 4.79 Å². The summed E-state index contributed by atoms with van der Waals surface area (Å²) in [5.41, 5.74) is 3.75. The zero-order chi connectivity index (χ0) is 17.5. The molecule has 25 heavy (non-hydrogen) atoms. The van der Waals surface area contributed by atoms with Gasteiger partial charge in [-0.2, -0.15) is 0 Å². The van der Waals surface area contributed by atoms with Crippen molar-refractivity contribution in [3.8, 4) is 0 Å². The number of carbonyl (C=O) groups is 1. The Balaban J connectivity index is 1.48. The number of likely N-dealkylation sites (N-methyl/N-ethyl adjacent to an activating group) is 1. The highest BCUT2D eigenvalue weighted by atomic mass is 16.2. The van der Waals surface area contributed by atoms with Crippen LogP contribution in [0.2, 0.25) is 0 Å². The van der Waals surface area contributed by atoms with Crippen LogP contribution in [-0.4, -0.2) is 28.9 Å². The normalized spacial score (nSPS) is 10.9. The van der Waals surface area contributed by atoms with Crippen molar-refractivity contribution in [3.05, 3.63) is 71.9 Å². The number of hydrogen-bond acceptors (Lipinski definition) is 1. The molecule has 3 rings (SSSR count). The molecule has 1 aromatic heterocycles. The van der Waals surface area contributed by atoms with Crippen molar-refractivity contribution in [3.63, 3.8) is 0 Å². The molecule has 0 aliphatic heterocycles. The van der Waals surface area contributed by atoms with Gasteiger partial charge in [0.15, 0.2) is 0 Å². The van der Waals surface area contributed by atoms with Gasteiger partial charge in [-0.25, -0.2) is 0 Å². The largest absolute Gasteiger partial charge is 0.361 e. The second kappa shape index (κ2) is 8.52. The number of nitrogens with one attached hydrogen (secondary N) is 1. The van der Waals surface area contributed by atoms with Crippen molar-refractivity contribution in [2.45, 2.75) is 32.6 Å². The number of amides is 1. The quantitative estimate of drug-likeness (QED) is 0.643. The average molecular weight is 334 g/mol. The maximum absolute atomic E-state index is 12.5. The van der Waals surface area contributed by atoms with Crippen molar-refractivity contribution in [1.82, 2.24) is 9.88 Å². The second-order valence-electron chi connectivity index (χ2n) is 6.42. The first-order valence-corrected chi connectivity index (χ1v) is 9.14. The summed E-state index contributed by atoms with van der Waals surface area (Å²) >= 11 is 0. The van der Waals surface area contributed by atoms with Crippen LogP contribution < -0.4 is 0 Å². The topological polar surface area (TPSA) is 36.1 Å². The third-order valence-electron chi connectivity index (χ3n) is 4.76. The fraction of sp³-hybridized carbons (Fsp3) is 0.318. The number of carbonyl (C=O) groups excluding carboxylic acids is 1. The predicted molar refractivity (Wildman–Crippen MR) is 104 cm³/mol. The van der Waals surface area contributed by atoms with Gasteiger partial charge in [0.25, 0.3) is 0 Å². The van der Waals surface area contributed by atoms with Gasteiger partial charge in [0, 0.05) is 36.6 Å². The van der Waals surface area contributed by atoms with Crippen LogP contribution in [0.3, 0.4) is 0 Å². The maximum atomic E-state index is 12.5. The Bertz CT molecular complexity index is 807. The van der Waals surface area contributed by atoms with Crippen LogP contribution in [0.15, 0.2) is 60.8 Å². The molecule has 0 aliphatic rings. The van der Waals surface area contributed by atoms with Crippen molar-refractivity contribution in [1.29, 1.82) is 0 Å². The lowest BCUT2D eigenvalue weighted by Crippen LogP contribution is -2.32. The molecule has 3 aromatic rings. The summed E-state index contributed by atoms with van der Waals surface area (Å²) in [4.78, 5) is 17.8. The zero-order valence-electron chi connectivity index (χ0n) is 14.9. The first-order valence-electron chi connectivity index (χ1n) is 9.14. The molecule has 130 valence electrons. The minimum Gasteiger partial charge on any atom is -0.361 e. The Morgan fingerprint density at radius 2 is 1.76 bits per heavy atom. The van der Waals surface area contributed by atoms with Gasteiger partial charge in [0.1, 0.15) is 0 Å². The number of aromatic nitrogens is 1. The third-order valence-corrected chi connectivity index (χ3v) is 4.76. The molecule has 0 bridgehead atoms. The number of aryl methyl sites for hydroxylation is 1. The van der Waals surface area contributed by atoms with E-state index in [1.54, 1.807) is 0 Å². The summed E-state index contributed by atoms with van der Waals surface area (Å²) in [6, 6.07) is 18.7. The molecule has 0 fully saturated rings. The molecule has 2 aromatic carbocycles. The van der Waals surface area contributed by atoms with Crippen LogP contribution in [0.25, 0.3) is 10.9 Å². The van der Waals surface area contributed by atoms with Gasteiger partial charge in [-0.1, -0.05) is 48.5 Å². The van der Waals surface area contributed by atoms with Crippen LogP contribution in [-0.2, 0) is 17.6 Å². The van der Waals surface area contributed by atoms with E-state index in [4.69, 9.17) is 0 Å². The SMILES string of the molecule is CCN(CCc1ccccc1)C(=O)CCCc1c[nH]c2ccccc12. The average Bonchev–Trinajstić information content (AvgIpc) is 3.06. The monoisotopic (exact) mass is 334 g/mol. The van der Waals surface area contributed by atoms with E-state index in [-0.39, 0.29) is 5.91 Å². The maximum Gasteiger partial charge on any atom is 0.222 e. The van der Waals surface area contributed by atoms with Crippen LogP contribution >= 0.6 is 0 Å². The molecular formula is C22H26N2O. The van der Waals surface area contributed by atoms with Gasteiger partial charge >= 0.3 is 0 Å². The molecule has 0 atom stereocenters. The number of rotatable bonds is 8. The Hall–Kier alpha value is -2.55. The summed E-state index contributed by atoms with van der Waals surface area (Å²) in [5, 5.41) is 1.27. The number of fused-ring (bicyclic) bond motifs is 1. The molecule has 1 N–H and O–H groups in total. The molecule has 1 heterocycles. The van der Waals surface area contributed by atoms with Crippen molar-refractivity contribution < 1.29 is 4.79 Å². The summed E-state index contributed by atoms with van der Waals surface area (Å²) in [6.07, 6.45) is 5.43. The molecular weight excluding hydrogens is 308 g/mol. The van der Waals surface area contributed by atoms with E-state index in [0.29, 0.717) is 6.42 Å². The van der Waals surface area contributed by atoms with Crippen molar-refractivity contribution in [2.75, 3.05) is 13.1 Å². The van der Waals surface area contributed by atoms with Crippen LogP contribution in [0, 0.1) is 0 Å². The lowest BCUT2D eigenvalue weighted by Gasteiger charge is -2.21. The van der Waals surface area contributed by atoms with E-state index >= 15 is 0 Å². The van der Waals surface area contributed by atoms with E-state index in [0.717, 1.165) is 32.4 Å². The summed E-state index contributed by atoms with van der Waals surface area (Å²) in [5.74, 6) is 0.262. The highest BCUT2D eigenvalue weighted by Gasteiger charge is 2.12. The Morgan fingerprint density at radius 1 is 1.00 bits per heavy atom. The van der Waals surface area contributed by atoms with Crippen LogP contribution in [0.5, 0.6) is 0 Å². The molecule has 0 saturated carbocycles.